The number of likely N-dealkylation sites (N-methyl/N-ethyl adjacent to an activating group) is 1. The van der Waals surface area contributed by atoms with E-state index in [0.29, 0.717) is 29.1 Å². The number of hydrogen-bond donors (Lipinski definition) is 1. The molecule has 1 N–H and O–H groups in total. The Bertz CT molecular complexity index is 1420. The van der Waals surface area contributed by atoms with Gasteiger partial charge in [-0.15, -0.1) is 11.3 Å². The topological polar surface area (TPSA) is 97.8 Å². The fourth-order valence-electron chi connectivity index (χ4n) is 5.60. The molecule has 39 heavy (non-hydrogen) atoms. The number of aryl methyl sites for hydroxylation is 1. The van der Waals surface area contributed by atoms with Crippen LogP contribution in [0.5, 0.6) is 0 Å². The van der Waals surface area contributed by atoms with Crippen LogP contribution in [0.4, 0.5) is 5.00 Å². The molecule has 3 heterocycles. The van der Waals surface area contributed by atoms with Gasteiger partial charge in [0.2, 0.25) is 0 Å². The number of esters is 2. The van der Waals surface area contributed by atoms with Crippen LogP contribution >= 0.6 is 11.3 Å². The van der Waals surface area contributed by atoms with E-state index < -0.39 is 23.9 Å². The predicted molar refractivity (Wildman–Crippen MR) is 151 cm³/mol. The second kappa shape index (κ2) is 11.8. The number of para-hydroxylation sites is 1. The molecule has 1 aromatic carbocycles. The molecule has 206 valence electrons. The van der Waals surface area contributed by atoms with Crippen molar-refractivity contribution in [3.63, 3.8) is 0 Å². The number of nitrogens with zero attached hydrogens (tertiary/aromatic N) is 2. The lowest BCUT2D eigenvalue weighted by atomic mass is 9.95. The number of fused-ring (bicyclic) bond motifs is 3. The van der Waals surface area contributed by atoms with E-state index in [1.54, 1.807) is 6.92 Å². The first-order chi connectivity index (χ1) is 18.9. The van der Waals surface area contributed by atoms with Crippen LogP contribution in [0.25, 0.3) is 10.9 Å². The number of benzene rings is 1. The van der Waals surface area contributed by atoms with Gasteiger partial charge in [0.1, 0.15) is 5.00 Å². The van der Waals surface area contributed by atoms with Crippen LogP contribution in [-0.2, 0) is 40.1 Å². The molecule has 0 bridgehead atoms. The standard InChI is InChI=1S/C30H35N3O5S/c1-4-23(27(34)32-28-26(29(35)37-3)19-12-7-6-8-14-24(19)39-28)38-30(36)25-18-11-9-10-13-21(18)31-22-15-16-33(5-2)17-20(22)25/h9-11,13,23H,4-8,12,14-17H2,1-3H3,(H,32,34). The lowest BCUT2D eigenvalue weighted by Crippen LogP contribution is -2.35. The molecule has 0 fully saturated rings. The summed E-state index contributed by atoms with van der Waals surface area (Å²) in [6.45, 7) is 6.27. The third kappa shape index (κ3) is 5.43. The Morgan fingerprint density at radius 3 is 2.59 bits per heavy atom. The van der Waals surface area contributed by atoms with Crippen LogP contribution in [0.1, 0.15) is 81.9 Å². The summed E-state index contributed by atoms with van der Waals surface area (Å²) < 4.78 is 11.0. The first-order valence-corrected chi connectivity index (χ1v) is 14.6. The molecule has 1 aliphatic carbocycles. The second-order valence-electron chi connectivity index (χ2n) is 10.1. The zero-order valence-corrected chi connectivity index (χ0v) is 23.6. The molecular formula is C30H35N3O5S. The maximum atomic E-state index is 13.8. The molecule has 2 aliphatic rings. The van der Waals surface area contributed by atoms with E-state index in [0.717, 1.165) is 84.2 Å². The number of nitrogens with one attached hydrogen (secondary N) is 1. The first kappa shape index (κ1) is 27.3. The van der Waals surface area contributed by atoms with Gasteiger partial charge in [-0.25, -0.2) is 9.59 Å². The molecule has 1 aliphatic heterocycles. The number of carbonyl (C=O) groups excluding carboxylic acids is 3. The summed E-state index contributed by atoms with van der Waals surface area (Å²) in [4.78, 5) is 48.1. The molecule has 2 aromatic heterocycles. The maximum absolute atomic E-state index is 13.8. The fourth-order valence-corrected chi connectivity index (χ4v) is 6.88. The summed E-state index contributed by atoms with van der Waals surface area (Å²) in [7, 11) is 1.35. The summed E-state index contributed by atoms with van der Waals surface area (Å²) >= 11 is 1.43. The number of ether oxygens (including phenoxy) is 2. The number of hydrogen-bond acceptors (Lipinski definition) is 8. The quantitative estimate of drug-likeness (QED) is 0.315. The highest BCUT2D eigenvalue weighted by molar-refractivity contribution is 7.17. The van der Waals surface area contributed by atoms with E-state index in [9.17, 15) is 14.4 Å². The number of amides is 1. The van der Waals surface area contributed by atoms with Crippen molar-refractivity contribution in [1.29, 1.82) is 0 Å². The van der Waals surface area contributed by atoms with E-state index in [4.69, 9.17) is 14.5 Å². The molecule has 1 unspecified atom stereocenters. The molecule has 5 rings (SSSR count). The minimum Gasteiger partial charge on any atom is -0.465 e. The van der Waals surface area contributed by atoms with Gasteiger partial charge < -0.3 is 14.8 Å². The highest BCUT2D eigenvalue weighted by Gasteiger charge is 2.31. The number of thiophene rings is 1. The Kier molecular flexibility index (Phi) is 8.28. The van der Waals surface area contributed by atoms with E-state index in [1.165, 1.54) is 18.4 Å². The van der Waals surface area contributed by atoms with Gasteiger partial charge in [0.25, 0.3) is 5.91 Å². The van der Waals surface area contributed by atoms with E-state index in [-0.39, 0.29) is 0 Å². The Hall–Kier alpha value is -3.30. The van der Waals surface area contributed by atoms with Crippen molar-refractivity contribution >= 4 is 45.1 Å². The Morgan fingerprint density at radius 1 is 1.03 bits per heavy atom. The van der Waals surface area contributed by atoms with E-state index in [2.05, 4.69) is 17.1 Å². The third-order valence-electron chi connectivity index (χ3n) is 7.74. The Morgan fingerprint density at radius 2 is 1.82 bits per heavy atom. The van der Waals surface area contributed by atoms with Gasteiger partial charge in [0.05, 0.1) is 23.8 Å². The summed E-state index contributed by atoms with van der Waals surface area (Å²) in [6, 6.07) is 7.57. The van der Waals surface area contributed by atoms with Crippen LogP contribution in [0.15, 0.2) is 24.3 Å². The largest absolute Gasteiger partial charge is 0.465 e. The first-order valence-electron chi connectivity index (χ1n) is 13.8. The van der Waals surface area contributed by atoms with Crippen molar-refractivity contribution in [3.8, 4) is 0 Å². The molecule has 0 saturated carbocycles. The van der Waals surface area contributed by atoms with Gasteiger partial charge in [-0.3, -0.25) is 14.7 Å². The third-order valence-corrected chi connectivity index (χ3v) is 8.94. The second-order valence-corrected chi connectivity index (χ2v) is 11.2. The zero-order valence-electron chi connectivity index (χ0n) is 22.8. The van der Waals surface area contributed by atoms with E-state index >= 15 is 0 Å². The number of aromatic nitrogens is 1. The van der Waals surface area contributed by atoms with Crippen molar-refractivity contribution < 1.29 is 23.9 Å². The van der Waals surface area contributed by atoms with Crippen molar-refractivity contribution in [2.45, 2.75) is 71.4 Å². The lowest BCUT2D eigenvalue weighted by Gasteiger charge is -2.29. The zero-order chi connectivity index (χ0) is 27.5. The summed E-state index contributed by atoms with van der Waals surface area (Å²) in [6.07, 6.45) is 4.86. The molecule has 1 atom stereocenters. The average molecular weight is 550 g/mol. The summed E-state index contributed by atoms with van der Waals surface area (Å²) in [5.74, 6) is -1.43. The number of anilines is 1. The fraction of sp³-hybridized carbons (Fsp3) is 0.467. The van der Waals surface area contributed by atoms with Gasteiger partial charge >= 0.3 is 11.9 Å². The molecule has 0 radical (unpaired) electrons. The smallest absolute Gasteiger partial charge is 0.341 e. The highest BCUT2D eigenvalue weighted by atomic mass is 32.1. The molecule has 9 heteroatoms. The highest BCUT2D eigenvalue weighted by Crippen LogP contribution is 2.38. The number of rotatable bonds is 7. The molecular weight excluding hydrogens is 514 g/mol. The van der Waals surface area contributed by atoms with Gasteiger partial charge in [0, 0.05) is 41.0 Å². The SMILES string of the molecule is CCC(OC(=O)c1c2c(nc3ccccc13)CCN(CC)C2)C(=O)Nc1sc2c(c1C(=O)OC)CCCCC2. The van der Waals surface area contributed by atoms with Gasteiger partial charge in [-0.2, -0.15) is 0 Å². The Balaban J connectivity index is 1.43. The van der Waals surface area contributed by atoms with Crippen LogP contribution in [-0.4, -0.2) is 54.0 Å². The van der Waals surface area contributed by atoms with Crippen molar-refractivity contribution in [2.24, 2.45) is 0 Å². The van der Waals surface area contributed by atoms with Gasteiger partial charge in [-0.05, 0) is 50.3 Å². The van der Waals surface area contributed by atoms with Crippen LogP contribution in [0, 0.1) is 0 Å². The minimum absolute atomic E-state index is 0.294. The van der Waals surface area contributed by atoms with Gasteiger partial charge in [0.15, 0.2) is 6.10 Å². The monoisotopic (exact) mass is 549 g/mol. The predicted octanol–water partition coefficient (Wildman–Crippen LogP) is 5.30. The molecule has 8 nitrogen and oxygen atoms in total. The van der Waals surface area contributed by atoms with E-state index in [1.807, 2.05) is 24.3 Å². The van der Waals surface area contributed by atoms with Crippen molar-refractivity contribution in [2.75, 3.05) is 25.5 Å². The maximum Gasteiger partial charge on any atom is 0.341 e. The van der Waals surface area contributed by atoms with Crippen molar-refractivity contribution in [1.82, 2.24) is 9.88 Å². The van der Waals surface area contributed by atoms with Crippen LogP contribution in [0.2, 0.25) is 0 Å². The molecule has 0 spiro atoms. The Labute approximate surface area is 232 Å². The van der Waals surface area contributed by atoms with Crippen LogP contribution in [0.3, 0.4) is 0 Å². The number of pyridine rings is 1. The summed E-state index contributed by atoms with van der Waals surface area (Å²) in [5.41, 5.74) is 4.41. The number of carbonyl (C=O) groups is 3. The lowest BCUT2D eigenvalue weighted by molar-refractivity contribution is -0.124. The number of methoxy groups -OCH3 is 1. The molecule has 3 aromatic rings. The van der Waals surface area contributed by atoms with Crippen LogP contribution < -0.4 is 5.32 Å². The molecule has 0 saturated heterocycles. The minimum atomic E-state index is -1.02. The molecule has 1 amide bonds. The summed E-state index contributed by atoms with van der Waals surface area (Å²) in [5, 5.41) is 4.11. The normalized spacial score (nSPS) is 16.1. The van der Waals surface area contributed by atoms with Crippen molar-refractivity contribution in [3.05, 3.63) is 57.1 Å². The van der Waals surface area contributed by atoms with Gasteiger partial charge in [-0.1, -0.05) is 38.5 Å². The average Bonchev–Trinajstić information content (AvgIpc) is 3.12.